The van der Waals surface area contributed by atoms with Gasteiger partial charge in [0.1, 0.15) is 17.4 Å². The zero-order valence-electron chi connectivity index (χ0n) is 25.6. The van der Waals surface area contributed by atoms with Crippen molar-refractivity contribution in [2.24, 2.45) is 5.92 Å². The Morgan fingerprint density at radius 1 is 1.09 bits per heavy atom. The highest BCUT2D eigenvalue weighted by Crippen LogP contribution is 2.45. The van der Waals surface area contributed by atoms with Crippen LogP contribution < -0.4 is 19.7 Å². The van der Waals surface area contributed by atoms with Gasteiger partial charge in [0.2, 0.25) is 5.91 Å². The molecule has 2 aliphatic heterocycles. The number of allylic oxidation sites excluding steroid dienone is 1. The first kappa shape index (κ1) is 33.2. The maximum atomic E-state index is 13.7. The molecular weight excluding hydrogens is 593 g/mol. The number of halogens is 1. The molecule has 2 fully saturated rings. The minimum Gasteiger partial charge on any atom is -0.436 e. The summed E-state index contributed by atoms with van der Waals surface area (Å²) in [6, 6.07) is 3.82. The maximum absolute atomic E-state index is 13.7. The van der Waals surface area contributed by atoms with Crippen molar-refractivity contribution in [1.29, 1.82) is 0 Å². The number of rotatable bonds is 5. The van der Waals surface area contributed by atoms with Gasteiger partial charge in [0.05, 0.1) is 5.69 Å². The summed E-state index contributed by atoms with van der Waals surface area (Å²) in [6.07, 6.45) is 6.13. The van der Waals surface area contributed by atoms with Crippen molar-refractivity contribution in [3.05, 3.63) is 42.2 Å². The lowest BCUT2D eigenvalue weighted by Crippen LogP contribution is -2.58. The number of amides is 4. The number of alkyl carbamates (subject to hydrolysis) is 1. The SMILES string of the molecule is CN(c1ccc(F)cc1)S(=O)(=O)NC(=O)[C@@]12C[C@H]1C=CCCCCC[C@H](OC(=O)NC(C)(C)C)C(=O)N1CCC[C@H]1C(=O)N2. The molecule has 242 valence electrons. The van der Waals surface area contributed by atoms with Crippen molar-refractivity contribution in [2.75, 3.05) is 17.9 Å². The quantitative estimate of drug-likeness (QED) is 0.421. The van der Waals surface area contributed by atoms with Gasteiger partial charge in [-0.3, -0.25) is 18.7 Å². The number of hydrogen-bond acceptors (Lipinski definition) is 7. The summed E-state index contributed by atoms with van der Waals surface area (Å²) in [7, 11) is -3.19. The van der Waals surface area contributed by atoms with E-state index in [-0.39, 0.29) is 18.7 Å². The lowest BCUT2D eigenvalue weighted by atomic mass is 10.1. The van der Waals surface area contributed by atoms with Gasteiger partial charge in [0.15, 0.2) is 6.10 Å². The van der Waals surface area contributed by atoms with E-state index in [2.05, 4.69) is 15.4 Å². The number of carbonyl (C=O) groups excluding carboxylic acids is 4. The third-order valence-corrected chi connectivity index (χ3v) is 9.46. The molecule has 3 aliphatic rings. The number of hydrogen-bond donors (Lipinski definition) is 3. The van der Waals surface area contributed by atoms with Gasteiger partial charge in [-0.2, -0.15) is 8.42 Å². The van der Waals surface area contributed by atoms with Crippen molar-refractivity contribution in [3.8, 4) is 0 Å². The Morgan fingerprint density at radius 3 is 2.48 bits per heavy atom. The van der Waals surface area contributed by atoms with E-state index < -0.39 is 69.0 Å². The van der Waals surface area contributed by atoms with Crippen LogP contribution in [-0.4, -0.2) is 73.9 Å². The van der Waals surface area contributed by atoms with Crippen LogP contribution in [0.1, 0.15) is 72.1 Å². The monoisotopic (exact) mass is 635 g/mol. The van der Waals surface area contributed by atoms with Crippen molar-refractivity contribution >= 4 is 39.7 Å². The van der Waals surface area contributed by atoms with E-state index in [4.69, 9.17) is 4.74 Å². The zero-order chi connectivity index (χ0) is 32.3. The summed E-state index contributed by atoms with van der Waals surface area (Å²) in [4.78, 5) is 54.9. The zero-order valence-corrected chi connectivity index (χ0v) is 26.4. The number of nitrogens with zero attached hydrogens (tertiary/aromatic N) is 2. The van der Waals surface area contributed by atoms with Gasteiger partial charge in [-0.05, 0) is 90.0 Å². The van der Waals surface area contributed by atoms with Gasteiger partial charge < -0.3 is 20.3 Å². The Labute approximate surface area is 257 Å². The molecule has 0 aromatic heterocycles. The second-order valence-corrected chi connectivity index (χ2v) is 14.4. The molecule has 12 nitrogen and oxygen atoms in total. The molecule has 1 aromatic rings. The minimum absolute atomic E-state index is 0.135. The van der Waals surface area contributed by atoms with E-state index in [1.54, 1.807) is 20.8 Å². The Balaban J connectivity index is 1.55. The molecule has 0 unspecified atom stereocenters. The van der Waals surface area contributed by atoms with Crippen molar-refractivity contribution < 1.29 is 36.7 Å². The van der Waals surface area contributed by atoms with Crippen molar-refractivity contribution in [1.82, 2.24) is 20.3 Å². The Bertz CT molecular complexity index is 1400. The van der Waals surface area contributed by atoms with Crippen LogP contribution in [-0.2, 0) is 29.3 Å². The van der Waals surface area contributed by atoms with Crippen molar-refractivity contribution in [3.63, 3.8) is 0 Å². The molecule has 4 atom stereocenters. The second-order valence-electron chi connectivity index (χ2n) is 12.7. The summed E-state index contributed by atoms with van der Waals surface area (Å²) in [5.41, 5.74) is -1.97. The highest BCUT2D eigenvalue weighted by molar-refractivity contribution is 7.91. The number of benzene rings is 1. The largest absolute Gasteiger partial charge is 0.436 e. The highest BCUT2D eigenvalue weighted by Gasteiger charge is 2.61. The van der Waals surface area contributed by atoms with E-state index in [0.29, 0.717) is 32.1 Å². The highest BCUT2D eigenvalue weighted by atomic mass is 32.2. The molecule has 1 saturated carbocycles. The summed E-state index contributed by atoms with van der Waals surface area (Å²) in [5.74, 6) is -2.97. The molecule has 0 bridgehead atoms. The average molecular weight is 636 g/mol. The standard InChI is InChI=1S/C30H42FN5O7S/c1-29(2,3)33-28(40)43-24-13-9-7-5-6-8-11-20-19-30(20,32-25(37)23-12-10-18-36(23)26(24)38)27(39)34-44(41,42)35(4)22-16-14-21(31)15-17-22/h8,11,14-17,20,23-24H,5-7,9-10,12-13,18-19H2,1-4H3,(H,32,37)(H,33,40)(H,34,39)/t20-,23+,24+,30-/m1/s1. The van der Waals surface area contributed by atoms with Crippen molar-refractivity contribution in [2.45, 2.75) is 95.4 Å². The van der Waals surface area contributed by atoms with E-state index in [1.807, 2.05) is 12.2 Å². The first-order valence-electron chi connectivity index (χ1n) is 15.0. The fourth-order valence-corrected chi connectivity index (χ4v) is 6.52. The first-order chi connectivity index (χ1) is 20.6. The molecule has 0 spiro atoms. The molecule has 44 heavy (non-hydrogen) atoms. The molecule has 0 radical (unpaired) electrons. The van der Waals surface area contributed by atoms with Crippen LogP contribution in [0.3, 0.4) is 0 Å². The predicted molar refractivity (Wildman–Crippen MR) is 161 cm³/mol. The number of anilines is 1. The van der Waals surface area contributed by atoms with E-state index >= 15 is 0 Å². The molecule has 1 aromatic carbocycles. The lowest BCUT2D eigenvalue weighted by Gasteiger charge is -2.30. The minimum atomic E-state index is -4.41. The van der Waals surface area contributed by atoms with E-state index in [9.17, 15) is 32.0 Å². The van der Waals surface area contributed by atoms with Crippen LogP contribution in [0.15, 0.2) is 36.4 Å². The summed E-state index contributed by atoms with van der Waals surface area (Å²) in [6.45, 7) is 5.66. The normalized spacial score (nSPS) is 26.3. The Kier molecular flexibility index (Phi) is 9.91. The third kappa shape index (κ3) is 7.88. The Morgan fingerprint density at radius 2 is 1.80 bits per heavy atom. The van der Waals surface area contributed by atoms with Crippen LogP contribution in [0.2, 0.25) is 0 Å². The van der Waals surface area contributed by atoms with E-state index in [1.165, 1.54) is 24.1 Å². The van der Waals surface area contributed by atoms with Crippen LogP contribution in [0.25, 0.3) is 0 Å². The van der Waals surface area contributed by atoms with Crippen LogP contribution >= 0.6 is 0 Å². The second kappa shape index (κ2) is 13.1. The number of fused-ring (bicyclic) bond motifs is 2. The number of carbonyl (C=O) groups is 4. The molecule has 1 saturated heterocycles. The predicted octanol–water partition coefficient (Wildman–Crippen LogP) is 2.90. The van der Waals surface area contributed by atoms with Gasteiger partial charge in [-0.1, -0.05) is 18.6 Å². The van der Waals surface area contributed by atoms with Gasteiger partial charge in [0.25, 0.3) is 11.8 Å². The van der Waals surface area contributed by atoms with Gasteiger partial charge in [-0.15, -0.1) is 0 Å². The molecule has 14 heteroatoms. The summed E-state index contributed by atoms with van der Waals surface area (Å²) >= 11 is 0. The maximum Gasteiger partial charge on any atom is 0.408 e. The molecule has 3 N–H and O–H groups in total. The third-order valence-electron chi connectivity index (χ3n) is 8.08. The summed E-state index contributed by atoms with van der Waals surface area (Å²) in [5, 5.41) is 5.48. The number of ether oxygens (including phenoxy) is 1. The molecule has 2 heterocycles. The van der Waals surface area contributed by atoms with Gasteiger partial charge in [0, 0.05) is 25.0 Å². The first-order valence-corrected chi connectivity index (χ1v) is 16.4. The summed E-state index contributed by atoms with van der Waals surface area (Å²) < 4.78 is 48.1. The van der Waals surface area contributed by atoms with Crippen LogP contribution in [0, 0.1) is 11.7 Å². The average Bonchev–Trinajstić information content (AvgIpc) is 3.40. The fourth-order valence-electron chi connectivity index (χ4n) is 5.57. The van der Waals surface area contributed by atoms with E-state index in [0.717, 1.165) is 29.3 Å². The molecule has 1 aliphatic carbocycles. The lowest BCUT2D eigenvalue weighted by molar-refractivity contribution is -0.146. The van der Waals surface area contributed by atoms with Gasteiger partial charge in [-0.25, -0.2) is 13.9 Å². The molecular formula is C30H42FN5O7S. The fraction of sp³-hybridized carbons (Fsp3) is 0.600. The van der Waals surface area contributed by atoms with Gasteiger partial charge >= 0.3 is 16.3 Å². The number of nitrogens with one attached hydrogen (secondary N) is 3. The smallest absolute Gasteiger partial charge is 0.408 e. The topological polar surface area (TPSA) is 154 Å². The molecule has 4 rings (SSSR count). The molecule has 4 amide bonds. The Hall–Kier alpha value is -3.68. The van der Waals surface area contributed by atoms with Crippen LogP contribution in [0.5, 0.6) is 0 Å². The van der Waals surface area contributed by atoms with Crippen LogP contribution in [0.4, 0.5) is 14.9 Å².